The van der Waals surface area contributed by atoms with Gasteiger partial charge in [0.25, 0.3) is 0 Å². The Kier molecular flexibility index (Phi) is 4.68. The third-order valence-electron chi connectivity index (χ3n) is 4.04. The van der Waals surface area contributed by atoms with E-state index in [1.54, 1.807) is 0 Å². The lowest BCUT2D eigenvalue weighted by Crippen LogP contribution is -2.33. The van der Waals surface area contributed by atoms with Crippen molar-refractivity contribution >= 4 is 28.2 Å². The second kappa shape index (κ2) is 6.50. The van der Waals surface area contributed by atoms with Crippen molar-refractivity contribution in [3.05, 3.63) is 23.8 Å². The maximum Gasteiger partial charge on any atom is 0.0982 e. The van der Waals surface area contributed by atoms with Crippen LogP contribution in [0.3, 0.4) is 0 Å². The molecule has 0 N–H and O–H groups in total. The molecule has 0 radical (unpaired) electrons. The summed E-state index contributed by atoms with van der Waals surface area (Å²) in [5.74, 6) is 3.21. The second-order valence-electron chi connectivity index (χ2n) is 5.53. The highest BCUT2D eigenvalue weighted by atomic mass is 32.2. The van der Waals surface area contributed by atoms with Crippen LogP contribution < -0.4 is 4.90 Å². The third kappa shape index (κ3) is 3.21. The van der Waals surface area contributed by atoms with E-state index in [-0.39, 0.29) is 0 Å². The van der Waals surface area contributed by atoms with Gasteiger partial charge in [-0.1, -0.05) is 6.07 Å². The second-order valence-corrected chi connectivity index (χ2v) is 8.15. The van der Waals surface area contributed by atoms with Gasteiger partial charge in [-0.15, -0.1) is 0 Å². The minimum atomic E-state index is -0.835. The largest absolute Gasteiger partial charge is 0.361 e. The first kappa shape index (κ1) is 14.4. The highest BCUT2D eigenvalue weighted by Crippen LogP contribution is 2.31. The fourth-order valence-electron chi connectivity index (χ4n) is 2.86. The maximum absolute atomic E-state index is 12.0. The van der Waals surface area contributed by atoms with E-state index >= 15 is 0 Å². The Morgan fingerprint density at radius 2 is 2.10 bits per heavy atom. The Morgan fingerprint density at radius 1 is 1.30 bits per heavy atom. The average molecular weight is 310 g/mol. The zero-order valence-electron chi connectivity index (χ0n) is 12.0. The number of aryl methyl sites for hydroxylation is 1. The van der Waals surface area contributed by atoms with Crippen molar-refractivity contribution < 1.29 is 4.21 Å². The zero-order chi connectivity index (χ0) is 13.9. The van der Waals surface area contributed by atoms with Crippen molar-refractivity contribution in [3.63, 3.8) is 0 Å². The molecule has 20 heavy (non-hydrogen) atoms. The first-order valence-corrected chi connectivity index (χ1v) is 9.74. The predicted molar refractivity (Wildman–Crippen MR) is 88.2 cm³/mol. The zero-order valence-corrected chi connectivity index (χ0v) is 13.6. The standard InChI is InChI=1S/C15H22N2OS2/c1-16-12-20(18)15-11-13(4-5-14(15)16)3-2-6-17-7-9-19-10-8-17/h4-5,11H,2-3,6-10,12H2,1H3. The molecule has 5 heteroatoms. The van der Waals surface area contributed by atoms with Crippen LogP contribution >= 0.6 is 11.8 Å². The molecule has 0 bridgehead atoms. The Labute approximate surface area is 128 Å². The van der Waals surface area contributed by atoms with Crippen LogP contribution in [0.2, 0.25) is 0 Å². The fourth-order valence-corrected chi connectivity index (χ4v) is 5.21. The number of nitrogens with zero attached hydrogens (tertiary/aromatic N) is 2. The normalized spacial score (nSPS) is 23.1. The van der Waals surface area contributed by atoms with Gasteiger partial charge in [-0.3, -0.25) is 4.21 Å². The quantitative estimate of drug-likeness (QED) is 0.850. The summed E-state index contributed by atoms with van der Waals surface area (Å²) >= 11 is 2.06. The van der Waals surface area contributed by atoms with Crippen molar-refractivity contribution in [2.45, 2.75) is 17.7 Å². The molecule has 3 rings (SSSR count). The van der Waals surface area contributed by atoms with Crippen LogP contribution in [0.15, 0.2) is 23.1 Å². The number of anilines is 1. The third-order valence-corrected chi connectivity index (χ3v) is 6.42. The molecule has 1 aromatic rings. The van der Waals surface area contributed by atoms with Gasteiger partial charge in [0, 0.05) is 31.6 Å². The lowest BCUT2D eigenvalue weighted by molar-refractivity contribution is 0.299. The molecule has 0 spiro atoms. The van der Waals surface area contributed by atoms with E-state index in [2.05, 4.69) is 39.8 Å². The van der Waals surface area contributed by atoms with E-state index in [0.29, 0.717) is 5.88 Å². The van der Waals surface area contributed by atoms with Crippen LogP contribution in [0, 0.1) is 0 Å². The highest BCUT2D eigenvalue weighted by molar-refractivity contribution is 7.99. The molecule has 3 nitrogen and oxygen atoms in total. The van der Waals surface area contributed by atoms with E-state index in [0.717, 1.165) is 17.0 Å². The van der Waals surface area contributed by atoms with Gasteiger partial charge in [0.1, 0.15) is 0 Å². The van der Waals surface area contributed by atoms with Crippen LogP contribution in [0.5, 0.6) is 0 Å². The molecule has 1 aromatic carbocycles. The SMILES string of the molecule is CN1CS(=O)c2cc(CCCN3CCSCC3)ccc21. The topological polar surface area (TPSA) is 23.6 Å². The van der Waals surface area contributed by atoms with Gasteiger partial charge in [0.15, 0.2) is 0 Å². The Morgan fingerprint density at radius 3 is 2.90 bits per heavy atom. The number of fused-ring (bicyclic) bond motifs is 1. The first-order chi connectivity index (χ1) is 9.74. The van der Waals surface area contributed by atoms with E-state index in [1.807, 2.05) is 7.05 Å². The molecule has 2 aliphatic heterocycles. The molecule has 0 amide bonds. The molecule has 1 unspecified atom stereocenters. The lowest BCUT2D eigenvalue weighted by Gasteiger charge is -2.25. The Hall–Kier alpha value is -0.520. The van der Waals surface area contributed by atoms with Crippen LogP contribution in [-0.4, -0.2) is 53.2 Å². The molecule has 1 fully saturated rings. The molecule has 1 saturated heterocycles. The van der Waals surface area contributed by atoms with Gasteiger partial charge in [0.2, 0.25) is 0 Å². The van der Waals surface area contributed by atoms with E-state index in [4.69, 9.17) is 0 Å². The summed E-state index contributed by atoms with van der Waals surface area (Å²) in [5, 5.41) is 0. The number of rotatable bonds is 4. The number of hydrogen-bond acceptors (Lipinski definition) is 4. The van der Waals surface area contributed by atoms with Crippen LogP contribution in [0.1, 0.15) is 12.0 Å². The molecule has 2 aliphatic rings. The summed E-state index contributed by atoms with van der Waals surface area (Å²) in [6.07, 6.45) is 2.30. The Balaban J connectivity index is 1.56. The molecule has 110 valence electrons. The molecule has 0 aromatic heterocycles. The van der Waals surface area contributed by atoms with Crippen molar-refractivity contribution in [3.8, 4) is 0 Å². The van der Waals surface area contributed by atoms with Crippen LogP contribution in [-0.2, 0) is 17.2 Å². The average Bonchev–Trinajstić information content (AvgIpc) is 2.75. The smallest absolute Gasteiger partial charge is 0.0982 e. The van der Waals surface area contributed by atoms with Gasteiger partial charge in [-0.25, -0.2) is 0 Å². The van der Waals surface area contributed by atoms with Gasteiger partial charge < -0.3 is 9.80 Å². The van der Waals surface area contributed by atoms with Crippen molar-refractivity contribution in [2.24, 2.45) is 0 Å². The van der Waals surface area contributed by atoms with Gasteiger partial charge in [0.05, 0.1) is 27.3 Å². The summed E-state index contributed by atoms with van der Waals surface area (Å²) in [5.41, 5.74) is 2.47. The molecular weight excluding hydrogens is 288 g/mol. The number of thioether (sulfide) groups is 1. The van der Waals surface area contributed by atoms with E-state index < -0.39 is 10.8 Å². The van der Waals surface area contributed by atoms with Crippen LogP contribution in [0.4, 0.5) is 5.69 Å². The van der Waals surface area contributed by atoms with E-state index in [9.17, 15) is 4.21 Å². The molecule has 0 saturated carbocycles. The molecule has 0 aliphatic carbocycles. The fraction of sp³-hybridized carbons (Fsp3) is 0.600. The highest BCUT2D eigenvalue weighted by Gasteiger charge is 2.22. The minimum Gasteiger partial charge on any atom is -0.361 e. The number of hydrogen-bond donors (Lipinski definition) is 0. The summed E-state index contributed by atoms with van der Waals surface area (Å²) in [7, 11) is 1.18. The van der Waals surface area contributed by atoms with Crippen molar-refractivity contribution in [2.75, 3.05) is 49.0 Å². The predicted octanol–water partition coefficient (Wildman–Crippen LogP) is 2.18. The molecular formula is C15H22N2OS2. The van der Waals surface area contributed by atoms with E-state index in [1.165, 1.54) is 43.1 Å². The monoisotopic (exact) mass is 310 g/mol. The minimum absolute atomic E-state index is 0.643. The Bertz CT molecular complexity index is 501. The first-order valence-electron chi connectivity index (χ1n) is 7.26. The maximum atomic E-state index is 12.0. The van der Waals surface area contributed by atoms with Gasteiger partial charge in [-0.2, -0.15) is 11.8 Å². The summed E-state index contributed by atoms with van der Waals surface area (Å²) in [6.45, 7) is 3.67. The summed E-state index contributed by atoms with van der Waals surface area (Å²) in [4.78, 5) is 5.68. The van der Waals surface area contributed by atoms with Gasteiger partial charge >= 0.3 is 0 Å². The lowest BCUT2D eigenvalue weighted by atomic mass is 10.1. The van der Waals surface area contributed by atoms with Gasteiger partial charge in [-0.05, 0) is 37.1 Å². The van der Waals surface area contributed by atoms with Crippen molar-refractivity contribution in [1.82, 2.24) is 4.90 Å². The van der Waals surface area contributed by atoms with Crippen LogP contribution in [0.25, 0.3) is 0 Å². The molecule has 1 atom stereocenters. The van der Waals surface area contributed by atoms with Crippen molar-refractivity contribution in [1.29, 1.82) is 0 Å². The molecule has 2 heterocycles. The summed E-state index contributed by atoms with van der Waals surface area (Å²) < 4.78 is 12.0. The number of benzene rings is 1. The summed E-state index contributed by atoms with van der Waals surface area (Å²) in [6, 6.07) is 6.48.